The van der Waals surface area contributed by atoms with Gasteiger partial charge in [0.1, 0.15) is 12.4 Å². The molecule has 0 saturated carbocycles. The van der Waals surface area contributed by atoms with Gasteiger partial charge in [-0.15, -0.1) is 0 Å². The summed E-state index contributed by atoms with van der Waals surface area (Å²) in [6, 6.07) is 8.31. The molecule has 1 aromatic rings. The minimum Gasteiger partial charge on any atom is -0.492 e. The second kappa shape index (κ2) is 5.47. The van der Waals surface area contributed by atoms with Crippen molar-refractivity contribution >= 4 is 11.6 Å². The van der Waals surface area contributed by atoms with Crippen LogP contribution < -0.4 is 10.1 Å². The molecule has 4 heteroatoms. The van der Waals surface area contributed by atoms with E-state index in [0.717, 1.165) is 42.4 Å². The zero-order chi connectivity index (χ0) is 12.4. The molecule has 0 bridgehead atoms. The highest BCUT2D eigenvalue weighted by atomic mass is 35.5. The maximum Gasteiger partial charge on any atom is 0.119 e. The summed E-state index contributed by atoms with van der Waals surface area (Å²) in [7, 11) is 0. The fourth-order valence-electron chi connectivity index (χ4n) is 3.03. The molecule has 0 aliphatic carbocycles. The average molecular weight is 267 g/mol. The van der Waals surface area contributed by atoms with Gasteiger partial charge < -0.3 is 10.1 Å². The van der Waals surface area contributed by atoms with Crippen molar-refractivity contribution in [3.63, 3.8) is 0 Å². The quantitative estimate of drug-likeness (QED) is 0.902. The Morgan fingerprint density at radius 2 is 2.11 bits per heavy atom. The Bertz CT molecular complexity index is 395. The van der Waals surface area contributed by atoms with Crippen molar-refractivity contribution in [2.24, 2.45) is 5.92 Å². The predicted molar refractivity (Wildman–Crippen MR) is 73.3 cm³/mol. The summed E-state index contributed by atoms with van der Waals surface area (Å²) in [5, 5.41) is 4.22. The molecular formula is C14H19ClN2O. The molecule has 3 nitrogen and oxygen atoms in total. The lowest BCUT2D eigenvalue weighted by molar-refractivity contribution is 0.196. The topological polar surface area (TPSA) is 24.5 Å². The lowest BCUT2D eigenvalue weighted by Crippen LogP contribution is -2.36. The molecule has 0 unspecified atom stereocenters. The third-order valence-electron chi connectivity index (χ3n) is 4.02. The van der Waals surface area contributed by atoms with Gasteiger partial charge in [-0.25, -0.2) is 0 Å². The Kier molecular flexibility index (Phi) is 3.73. The minimum atomic E-state index is 0.735. The van der Waals surface area contributed by atoms with Gasteiger partial charge >= 0.3 is 0 Å². The van der Waals surface area contributed by atoms with E-state index in [1.54, 1.807) is 0 Å². The summed E-state index contributed by atoms with van der Waals surface area (Å²) < 4.78 is 5.75. The average Bonchev–Trinajstić information content (AvgIpc) is 2.96. The lowest BCUT2D eigenvalue weighted by Gasteiger charge is -2.22. The van der Waals surface area contributed by atoms with Gasteiger partial charge in [-0.1, -0.05) is 11.6 Å². The fraction of sp³-hybridized carbons (Fsp3) is 0.571. The first kappa shape index (κ1) is 12.3. The van der Waals surface area contributed by atoms with Crippen molar-refractivity contribution in [1.29, 1.82) is 0 Å². The van der Waals surface area contributed by atoms with Crippen LogP contribution in [0.4, 0.5) is 0 Å². The molecule has 2 aliphatic heterocycles. The SMILES string of the molecule is Clc1ccc(OCCN2CC[C@H]3CNC[C@H]32)cc1. The van der Waals surface area contributed by atoms with Gasteiger partial charge in [0.15, 0.2) is 0 Å². The Hall–Kier alpha value is -0.770. The summed E-state index contributed by atoms with van der Waals surface area (Å²) >= 11 is 5.84. The molecule has 2 fully saturated rings. The summed E-state index contributed by atoms with van der Waals surface area (Å²) in [5.41, 5.74) is 0. The van der Waals surface area contributed by atoms with E-state index in [9.17, 15) is 0 Å². The molecule has 0 aromatic heterocycles. The number of likely N-dealkylation sites (tertiary alicyclic amines) is 1. The van der Waals surface area contributed by atoms with Gasteiger partial charge in [0.2, 0.25) is 0 Å². The molecule has 2 heterocycles. The highest BCUT2D eigenvalue weighted by molar-refractivity contribution is 6.30. The molecule has 98 valence electrons. The van der Waals surface area contributed by atoms with Crippen LogP contribution in [0.3, 0.4) is 0 Å². The molecule has 1 aromatic carbocycles. The van der Waals surface area contributed by atoms with E-state index < -0.39 is 0 Å². The largest absolute Gasteiger partial charge is 0.492 e. The number of benzene rings is 1. The lowest BCUT2D eigenvalue weighted by atomic mass is 10.1. The second-order valence-corrected chi connectivity index (χ2v) is 5.55. The summed E-state index contributed by atoms with van der Waals surface area (Å²) in [6.07, 6.45) is 1.33. The Balaban J connectivity index is 1.46. The first-order chi connectivity index (χ1) is 8.83. The van der Waals surface area contributed by atoms with Gasteiger partial charge in [0.05, 0.1) is 0 Å². The minimum absolute atomic E-state index is 0.735. The molecule has 2 saturated heterocycles. The standard InChI is InChI=1S/C14H19ClN2O/c15-12-1-3-13(4-2-12)18-8-7-17-6-5-11-9-16-10-14(11)17/h1-4,11,14,16H,5-10H2/t11-,14+/m0/s1. The Morgan fingerprint density at radius 1 is 1.28 bits per heavy atom. The van der Waals surface area contributed by atoms with E-state index in [1.165, 1.54) is 19.5 Å². The van der Waals surface area contributed by atoms with Crippen LogP contribution in [0.1, 0.15) is 6.42 Å². The van der Waals surface area contributed by atoms with Crippen molar-refractivity contribution in [2.45, 2.75) is 12.5 Å². The number of ether oxygens (including phenoxy) is 1. The first-order valence-electron chi connectivity index (χ1n) is 6.66. The predicted octanol–water partition coefficient (Wildman–Crippen LogP) is 2.01. The van der Waals surface area contributed by atoms with Crippen molar-refractivity contribution in [2.75, 3.05) is 32.8 Å². The van der Waals surface area contributed by atoms with Gasteiger partial charge in [-0.3, -0.25) is 4.90 Å². The van der Waals surface area contributed by atoms with Crippen LogP contribution in [0, 0.1) is 5.92 Å². The third kappa shape index (κ3) is 2.63. The number of hydrogen-bond acceptors (Lipinski definition) is 3. The maximum absolute atomic E-state index is 5.84. The number of hydrogen-bond donors (Lipinski definition) is 1. The van der Waals surface area contributed by atoms with Crippen LogP contribution in [-0.2, 0) is 0 Å². The molecular weight excluding hydrogens is 248 g/mol. The molecule has 1 N–H and O–H groups in total. The van der Waals surface area contributed by atoms with Crippen LogP contribution in [0.25, 0.3) is 0 Å². The Labute approximate surface area is 113 Å². The van der Waals surface area contributed by atoms with Crippen molar-refractivity contribution in [3.05, 3.63) is 29.3 Å². The van der Waals surface area contributed by atoms with Gasteiger partial charge in [-0.05, 0) is 49.7 Å². The Morgan fingerprint density at radius 3 is 2.94 bits per heavy atom. The van der Waals surface area contributed by atoms with Crippen LogP contribution in [-0.4, -0.2) is 43.7 Å². The second-order valence-electron chi connectivity index (χ2n) is 5.11. The summed E-state index contributed by atoms with van der Waals surface area (Å²) in [5.74, 6) is 1.76. The first-order valence-corrected chi connectivity index (χ1v) is 7.04. The van der Waals surface area contributed by atoms with Crippen molar-refractivity contribution in [3.8, 4) is 5.75 Å². The summed E-state index contributed by atoms with van der Waals surface area (Å²) in [6.45, 7) is 5.34. The summed E-state index contributed by atoms with van der Waals surface area (Å²) in [4.78, 5) is 2.56. The zero-order valence-electron chi connectivity index (χ0n) is 10.4. The van der Waals surface area contributed by atoms with E-state index in [0.29, 0.717) is 0 Å². The fourth-order valence-corrected chi connectivity index (χ4v) is 3.15. The molecule has 0 amide bonds. The van der Waals surface area contributed by atoms with E-state index in [4.69, 9.17) is 16.3 Å². The highest BCUT2D eigenvalue weighted by Gasteiger charge is 2.36. The van der Waals surface area contributed by atoms with Crippen LogP contribution >= 0.6 is 11.6 Å². The van der Waals surface area contributed by atoms with E-state index >= 15 is 0 Å². The van der Waals surface area contributed by atoms with Gasteiger partial charge in [0.25, 0.3) is 0 Å². The number of nitrogens with one attached hydrogen (secondary N) is 1. The van der Waals surface area contributed by atoms with Crippen LogP contribution in [0.2, 0.25) is 5.02 Å². The van der Waals surface area contributed by atoms with E-state index in [-0.39, 0.29) is 0 Å². The van der Waals surface area contributed by atoms with Crippen LogP contribution in [0.5, 0.6) is 5.75 Å². The molecule has 0 radical (unpaired) electrons. The molecule has 2 aliphatic rings. The van der Waals surface area contributed by atoms with E-state index in [2.05, 4.69) is 10.2 Å². The number of nitrogens with zero attached hydrogens (tertiary/aromatic N) is 1. The van der Waals surface area contributed by atoms with Crippen molar-refractivity contribution < 1.29 is 4.74 Å². The smallest absolute Gasteiger partial charge is 0.119 e. The molecule has 18 heavy (non-hydrogen) atoms. The number of rotatable bonds is 4. The molecule has 2 atom stereocenters. The maximum atomic E-state index is 5.84. The van der Waals surface area contributed by atoms with Crippen molar-refractivity contribution in [1.82, 2.24) is 10.2 Å². The molecule has 3 rings (SSSR count). The highest BCUT2D eigenvalue weighted by Crippen LogP contribution is 2.26. The number of halogens is 1. The van der Waals surface area contributed by atoms with Gasteiger partial charge in [0, 0.05) is 24.2 Å². The third-order valence-corrected chi connectivity index (χ3v) is 4.27. The normalized spacial score (nSPS) is 27.4. The van der Waals surface area contributed by atoms with E-state index in [1.807, 2.05) is 24.3 Å². The van der Waals surface area contributed by atoms with Gasteiger partial charge in [-0.2, -0.15) is 0 Å². The monoisotopic (exact) mass is 266 g/mol. The molecule has 0 spiro atoms. The zero-order valence-corrected chi connectivity index (χ0v) is 11.2. The van der Waals surface area contributed by atoms with Crippen LogP contribution in [0.15, 0.2) is 24.3 Å². The number of fused-ring (bicyclic) bond motifs is 1.